The topological polar surface area (TPSA) is 61.4 Å². The van der Waals surface area contributed by atoms with E-state index in [1.54, 1.807) is 12.1 Å². The molecule has 25 heavy (non-hydrogen) atoms. The van der Waals surface area contributed by atoms with Crippen LogP contribution in [0.25, 0.3) is 0 Å². The molecule has 2 aromatic carbocycles. The maximum Gasteiger partial charge on any atom is 0.343 e. The first kappa shape index (κ1) is 18.1. The highest BCUT2D eigenvalue weighted by atomic mass is 35.5. The van der Waals surface area contributed by atoms with Gasteiger partial charge in [-0.05, 0) is 49.2 Å². The summed E-state index contributed by atoms with van der Waals surface area (Å²) in [5.41, 5.74) is 5.59. The van der Waals surface area contributed by atoms with Gasteiger partial charge in [-0.1, -0.05) is 41.0 Å². The number of carbonyl (C=O) groups excluding carboxylic acids is 2. The molecule has 0 spiro atoms. The summed E-state index contributed by atoms with van der Waals surface area (Å²) in [6, 6.07) is 8.84. The molecule has 1 fully saturated rings. The van der Waals surface area contributed by atoms with Crippen LogP contribution in [0.2, 0.25) is 10.0 Å². The van der Waals surface area contributed by atoms with E-state index in [2.05, 4.69) is 23.7 Å². The van der Waals surface area contributed by atoms with E-state index in [9.17, 15) is 9.59 Å². The van der Waals surface area contributed by atoms with Crippen LogP contribution in [0.4, 0.5) is 10.5 Å². The number of rotatable bonds is 3. The van der Waals surface area contributed by atoms with Gasteiger partial charge in [-0.3, -0.25) is 10.1 Å². The fourth-order valence-electron chi connectivity index (χ4n) is 2.32. The molecule has 8 heteroatoms. The molecule has 1 aliphatic heterocycles. The first-order valence-corrected chi connectivity index (χ1v) is 9.04. The minimum Gasteiger partial charge on any atom is -0.275 e. The van der Waals surface area contributed by atoms with E-state index in [1.807, 2.05) is 19.1 Å². The zero-order valence-corrected chi connectivity index (χ0v) is 15.9. The minimum atomic E-state index is -0.571. The van der Waals surface area contributed by atoms with Gasteiger partial charge in [0.05, 0.1) is 22.3 Å². The maximum atomic E-state index is 11.9. The van der Waals surface area contributed by atoms with Crippen molar-refractivity contribution in [2.24, 2.45) is 0 Å². The normalized spacial score (nSPS) is 14.6. The summed E-state index contributed by atoms with van der Waals surface area (Å²) in [7, 11) is 0. The Kier molecular flexibility index (Phi) is 5.24. The van der Waals surface area contributed by atoms with E-state index in [0.717, 1.165) is 4.90 Å². The molecule has 0 radical (unpaired) electrons. The molecule has 1 aliphatic rings. The average molecular weight is 396 g/mol. The number of hydrogen-bond donors (Lipinski definition) is 2. The Hall–Kier alpha value is -1.73. The standard InChI is InChI=1S/C17H15Cl2N3O2S/c1-9-3-4-12(5-10(9)2)25-16-13(18)6-11(7-14(16)19)22-17(24)21-15(23)8-20-22/h3-7,20H,8H2,1-2H3,(H,21,23,24). The summed E-state index contributed by atoms with van der Waals surface area (Å²) in [5, 5.41) is 4.29. The Balaban J connectivity index is 1.88. The minimum absolute atomic E-state index is 0.000122. The van der Waals surface area contributed by atoms with Gasteiger partial charge in [0.15, 0.2) is 0 Å². The van der Waals surface area contributed by atoms with E-state index < -0.39 is 6.03 Å². The molecular weight excluding hydrogens is 381 g/mol. The molecule has 1 saturated heterocycles. The molecule has 0 atom stereocenters. The van der Waals surface area contributed by atoms with Crippen LogP contribution in [0.15, 0.2) is 40.1 Å². The predicted molar refractivity (Wildman–Crippen MR) is 101 cm³/mol. The largest absolute Gasteiger partial charge is 0.343 e. The second-order valence-electron chi connectivity index (χ2n) is 5.61. The molecule has 2 N–H and O–H groups in total. The predicted octanol–water partition coefficient (Wildman–Crippen LogP) is 4.32. The van der Waals surface area contributed by atoms with E-state index in [0.29, 0.717) is 20.6 Å². The number of carbonyl (C=O) groups is 2. The van der Waals surface area contributed by atoms with Crippen molar-refractivity contribution >= 4 is 52.6 Å². The van der Waals surface area contributed by atoms with Crippen LogP contribution < -0.4 is 15.8 Å². The first-order chi connectivity index (χ1) is 11.8. The second kappa shape index (κ2) is 7.25. The van der Waals surface area contributed by atoms with Crippen LogP contribution in [0, 0.1) is 13.8 Å². The summed E-state index contributed by atoms with van der Waals surface area (Å²) in [5.74, 6) is -0.389. The second-order valence-corrected chi connectivity index (χ2v) is 7.51. The third-order valence-corrected chi connectivity index (χ3v) is 5.74. The number of imide groups is 1. The lowest BCUT2D eigenvalue weighted by Crippen LogP contribution is -2.59. The van der Waals surface area contributed by atoms with Crippen molar-refractivity contribution in [2.75, 3.05) is 11.6 Å². The van der Waals surface area contributed by atoms with Gasteiger partial charge < -0.3 is 0 Å². The Morgan fingerprint density at radius 1 is 1.04 bits per heavy atom. The number of aryl methyl sites for hydroxylation is 2. The van der Waals surface area contributed by atoms with Gasteiger partial charge in [-0.2, -0.15) is 0 Å². The molecule has 1 heterocycles. The molecule has 3 amide bonds. The number of hydrogen-bond acceptors (Lipinski definition) is 4. The number of urea groups is 1. The van der Waals surface area contributed by atoms with Crippen LogP contribution in [-0.4, -0.2) is 18.5 Å². The lowest BCUT2D eigenvalue weighted by atomic mass is 10.1. The summed E-state index contributed by atoms with van der Waals surface area (Å²) in [4.78, 5) is 24.9. The lowest BCUT2D eigenvalue weighted by Gasteiger charge is -2.27. The molecule has 130 valence electrons. The molecule has 0 unspecified atom stereocenters. The Bertz CT molecular complexity index is 850. The smallest absolute Gasteiger partial charge is 0.275 e. The first-order valence-electron chi connectivity index (χ1n) is 7.47. The fourth-order valence-corrected chi connectivity index (χ4v) is 3.95. The van der Waals surface area contributed by atoms with Crippen LogP contribution >= 0.6 is 35.0 Å². The van der Waals surface area contributed by atoms with Gasteiger partial charge in [0.1, 0.15) is 0 Å². The third-order valence-electron chi connectivity index (χ3n) is 3.79. The van der Waals surface area contributed by atoms with Crippen molar-refractivity contribution < 1.29 is 9.59 Å². The number of anilines is 1. The quantitative estimate of drug-likeness (QED) is 0.811. The van der Waals surface area contributed by atoms with E-state index in [1.165, 1.54) is 27.9 Å². The molecule has 0 aliphatic carbocycles. The average Bonchev–Trinajstić information content (AvgIpc) is 2.54. The van der Waals surface area contributed by atoms with Crippen molar-refractivity contribution in [1.82, 2.24) is 10.7 Å². The zero-order chi connectivity index (χ0) is 18.1. The third kappa shape index (κ3) is 3.93. The Morgan fingerprint density at radius 3 is 2.32 bits per heavy atom. The highest BCUT2D eigenvalue weighted by Crippen LogP contribution is 2.41. The van der Waals surface area contributed by atoms with E-state index in [4.69, 9.17) is 23.2 Å². The van der Waals surface area contributed by atoms with Gasteiger partial charge in [0.25, 0.3) is 0 Å². The zero-order valence-electron chi connectivity index (χ0n) is 13.5. The number of halogens is 2. The highest BCUT2D eigenvalue weighted by Gasteiger charge is 2.25. The SMILES string of the molecule is Cc1ccc(Sc2c(Cl)cc(N3NCC(=O)NC3=O)cc2Cl)cc1C. The van der Waals surface area contributed by atoms with Gasteiger partial charge >= 0.3 is 6.03 Å². The molecule has 5 nitrogen and oxygen atoms in total. The molecule has 0 bridgehead atoms. The summed E-state index contributed by atoms with van der Waals surface area (Å²) in [6.07, 6.45) is 0. The fraction of sp³-hybridized carbons (Fsp3) is 0.176. The van der Waals surface area contributed by atoms with Gasteiger partial charge in [-0.15, -0.1) is 0 Å². The molecular formula is C17H15Cl2N3O2S. The number of hydrazine groups is 1. The summed E-state index contributed by atoms with van der Waals surface area (Å²) < 4.78 is 0. The Morgan fingerprint density at radius 2 is 1.72 bits per heavy atom. The summed E-state index contributed by atoms with van der Waals surface area (Å²) in [6.45, 7) is 4.10. The number of nitrogens with zero attached hydrogens (tertiary/aromatic N) is 1. The van der Waals surface area contributed by atoms with E-state index in [-0.39, 0.29) is 12.5 Å². The lowest BCUT2D eigenvalue weighted by molar-refractivity contribution is -0.119. The highest BCUT2D eigenvalue weighted by molar-refractivity contribution is 7.99. The Labute approximate surface area is 159 Å². The molecule has 2 aromatic rings. The molecule has 0 saturated carbocycles. The van der Waals surface area contributed by atoms with Crippen molar-refractivity contribution in [3.05, 3.63) is 51.5 Å². The van der Waals surface area contributed by atoms with E-state index >= 15 is 0 Å². The van der Waals surface area contributed by atoms with Crippen molar-refractivity contribution in [2.45, 2.75) is 23.6 Å². The van der Waals surface area contributed by atoms with Crippen LogP contribution in [0.3, 0.4) is 0 Å². The van der Waals surface area contributed by atoms with Crippen LogP contribution in [0.1, 0.15) is 11.1 Å². The summed E-state index contributed by atoms with van der Waals surface area (Å²) >= 11 is 14.2. The number of nitrogens with one attached hydrogen (secondary N) is 2. The molecule has 3 rings (SSSR count). The van der Waals surface area contributed by atoms with Crippen molar-refractivity contribution in [3.63, 3.8) is 0 Å². The van der Waals surface area contributed by atoms with Crippen LogP contribution in [0.5, 0.6) is 0 Å². The van der Waals surface area contributed by atoms with Gasteiger partial charge in [0, 0.05) is 9.79 Å². The van der Waals surface area contributed by atoms with Gasteiger partial charge in [-0.25, -0.2) is 15.2 Å². The monoisotopic (exact) mass is 395 g/mol. The number of benzene rings is 2. The molecule has 0 aromatic heterocycles. The maximum absolute atomic E-state index is 11.9. The number of amides is 3. The van der Waals surface area contributed by atoms with Gasteiger partial charge in [0.2, 0.25) is 5.91 Å². The van der Waals surface area contributed by atoms with Crippen LogP contribution in [-0.2, 0) is 4.79 Å². The van der Waals surface area contributed by atoms with Crippen molar-refractivity contribution in [3.8, 4) is 0 Å². The van der Waals surface area contributed by atoms with Crippen molar-refractivity contribution in [1.29, 1.82) is 0 Å².